The van der Waals surface area contributed by atoms with Crippen LogP contribution in [0, 0.1) is 21.7 Å². The lowest BCUT2D eigenvalue weighted by molar-refractivity contribution is -0.114. The number of thiophene rings is 4. The zero-order valence-corrected chi connectivity index (χ0v) is 35.8. The fraction of sp³-hybridized carbons (Fsp3) is 0.348. The first-order valence-electron chi connectivity index (χ1n) is 17.9. The highest BCUT2D eigenvalue weighted by Gasteiger charge is 2.37. The van der Waals surface area contributed by atoms with Crippen molar-refractivity contribution in [3.63, 3.8) is 0 Å². The first-order valence-corrected chi connectivity index (χ1v) is 21.3. The fourth-order valence-corrected chi connectivity index (χ4v) is 10.7. The maximum atomic E-state index is 14.0. The smallest absolute Gasteiger partial charge is 0.186 e. The van der Waals surface area contributed by atoms with Gasteiger partial charge in [-0.2, -0.15) is 0 Å². The standard InChI is InChI=1S/C46H50O2S4/c1-43(2,3)29-23-27(24-30(41(29)47)44(4,5)6)39(35-16-14-22-50-35)36-19-20-38(52-36)40(37-18-17-34(51-37)33-15-13-21-49-33)28-25-31(45(7,8)9)42(48)32(26-28)46(10,11)12/h13-26H,1-12H3. The summed E-state index contributed by atoms with van der Waals surface area (Å²) in [5.74, 6) is 0.280. The molecule has 4 aromatic heterocycles. The largest absolute Gasteiger partial charge is 0.289 e. The van der Waals surface area contributed by atoms with E-state index in [9.17, 15) is 9.59 Å². The maximum absolute atomic E-state index is 14.0. The Hall–Kier alpha value is -3.42. The van der Waals surface area contributed by atoms with Crippen LogP contribution in [-0.4, -0.2) is 11.6 Å². The topological polar surface area (TPSA) is 34.1 Å². The molecule has 4 heterocycles. The molecule has 52 heavy (non-hydrogen) atoms. The molecule has 4 aromatic rings. The summed E-state index contributed by atoms with van der Waals surface area (Å²) in [6.07, 6.45) is 8.58. The van der Waals surface area contributed by atoms with Gasteiger partial charge in [-0.3, -0.25) is 9.59 Å². The number of carbonyl (C=O) groups excluding carboxylic acids is 2. The quantitative estimate of drug-likeness (QED) is 0.203. The Kier molecular flexibility index (Phi) is 10.1. The average molecular weight is 763 g/mol. The Labute approximate surface area is 326 Å². The van der Waals surface area contributed by atoms with Crippen LogP contribution in [0.5, 0.6) is 0 Å². The molecule has 0 radical (unpaired) electrons. The second-order valence-corrected chi connectivity index (χ2v) is 21.9. The molecular formula is C46H50O2S4. The summed E-state index contributed by atoms with van der Waals surface area (Å²) in [4.78, 5) is 35.1. The first-order chi connectivity index (χ1) is 24.1. The van der Waals surface area contributed by atoms with Crippen LogP contribution in [-0.2, 0) is 9.59 Å². The van der Waals surface area contributed by atoms with Gasteiger partial charge in [-0.1, -0.05) is 95.2 Å². The molecule has 0 amide bonds. The fourth-order valence-electron chi connectivity index (χ4n) is 6.64. The van der Waals surface area contributed by atoms with Gasteiger partial charge in [0.25, 0.3) is 0 Å². The summed E-state index contributed by atoms with van der Waals surface area (Å²) < 4.78 is 0. The highest BCUT2D eigenvalue weighted by molar-refractivity contribution is 7.22. The third-order valence-corrected chi connectivity index (χ3v) is 13.6. The molecule has 0 fully saturated rings. The Morgan fingerprint density at radius 3 is 1.19 bits per heavy atom. The summed E-state index contributed by atoms with van der Waals surface area (Å²) in [6, 6.07) is 17.6. The van der Waals surface area contributed by atoms with Crippen molar-refractivity contribution in [1.29, 1.82) is 0 Å². The summed E-state index contributed by atoms with van der Waals surface area (Å²) in [5.41, 5.74) is 6.54. The van der Waals surface area contributed by atoms with E-state index in [0.29, 0.717) is 0 Å². The number of rotatable bonds is 5. The van der Waals surface area contributed by atoms with E-state index in [1.54, 1.807) is 45.3 Å². The molecule has 0 bridgehead atoms. The van der Waals surface area contributed by atoms with Gasteiger partial charge in [-0.05, 0) is 104 Å². The van der Waals surface area contributed by atoms with Crippen LogP contribution in [0.4, 0.5) is 0 Å². The lowest BCUT2D eigenvalue weighted by atomic mass is 9.71. The van der Waals surface area contributed by atoms with Gasteiger partial charge in [0, 0.05) is 62.7 Å². The van der Waals surface area contributed by atoms with Crippen molar-refractivity contribution in [3.8, 4) is 9.75 Å². The third kappa shape index (κ3) is 7.64. The van der Waals surface area contributed by atoms with Gasteiger partial charge in [-0.25, -0.2) is 0 Å². The van der Waals surface area contributed by atoms with Crippen molar-refractivity contribution in [3.05, 3.63) is 137 Å². The molecule has 0 saturated carbocycles. The van der Waals surface area contributed by atoms with E-state index in [-0.39, 0.29) is 33.2 Å². The van der Waals surface area contributed by atoms with E-state index >= 15 is 0 Å². The lowest BCUT2D eigenvalue weighted by Gasteiger charge is -2.32. The lowest BCUT2D eigenvalue weighted by Crippen LogP contribution is -2.28. The molecule has 2 nitrogen and oxygen atoms in total. The Morgan fingerprint density at radius 2 is 0.808 bits per heavy atom. The van der Waals surface area contributed by atoms with Crippen molar-refractivity contribution in [2.75, 3.05) is 0 Å². The van der Waals surface area contributed by atoms with Gasteiger partial charge in [0.15, 0.2) is 11.6 Å². The molecule has 0 saturated heterocycles. The van der Waals surface area contributed by atoms with Crippen LogP contribution in [0.2, 0.25) is 0 Å². The van der Waals surface area contributed by atoms with Gasteiger partial charge in [0.1, 0.15) is 0 Å². The minimum Gasteiger partial charge on any atom is -0.289 e. The monoisotopic (exact) mass is 762 g/mol. The summed E-state index contributed by atoms with van der Waals surface area (Å²) in [5, 5.41) is 4.25. The molecule has 0 aromatic carbocycles. The minimum absolute atomic E-state index is 0.139. The number of allylic oxidation sites excluding steroid dienone is 10. The SMILES string of the molecule is CC(C)(C)C1=CC(=C(c2cccs2)c2ccc(C(=C3C=C(C(C)(C)C)C(=O)C(C(C)(C)C)=C3)c3ccc(-c4cccs4)s3)s2)C=C(C(C)(C)C)C1=O. The minimum atomic E-state index is -0.320. The molecule has 270 valence electrons. The molecule has 0 N–H and O–H groups in total. The molecule has 2 aliphatic carbocycles. The Morgan fingerprint density at radius 1 is 0.423 bits per heavy atom. The van der Waals surface area contributed by atoms with Gasteiger partial charge >= 0.3 is 0 Å². The van der Waals surface area contributed by atoms with Crippen LogP contribution in [0.25, 0.3) is 20.9 Å². The van der Waals surface area contributed by atoms with Crippen molar-refractivity contribution in [2.45, 2.75) is 83.1 Å². The molecule has 0 unspecified atom stereocenters. The van der Waals surface area contributed by atoms with E-state index in [4.69, 9.17) is 0 Å². The predicted molar refractivity (Wildman–Crippen MR) is 228 cm³/mol. The van der Waals surface area contributed by atoms with Crippen LogP contribution in [0.1, 0.15) is 103 Å². The van der Waals surface area contributed by atoms with Crippen molar-refractivity contribution in [2.24, 2.45) is 21.7 Å². The summed E-state index contributed by atoms with van der Waals surface area (Å²) >= 11 is 7.07. The zero-order valence-electron chi connectivity index (χ0n) is 32.5. The number of Topliss-reactive ketones (excluding diaryl/α,β-unsaturated/α-hetero) is 2. The van der Waals surface area contributed by atoms with Crippen LogP contribution < -0.4 is 0 Å². The van der Waals surface area contributed by atoms with Crippen LogP contribution in [0.15, 0.2) is 117 Å². The summed E-state index contributed by atoms with van der Waals surface area (Å²) in [7, 11) is 0. The molecule has 0 aliphatic heterocycles. The van der Waals surface area contributed by atoms with E-state index in [0.717, 1.165) is 54.3 Å². The zero-order chi connectivity index (χ0) is 38.0. The normalized spacial score (nSPS) is 16.2. The maximum Gasteiger partial charge on any atom is 0.186 e. The summed E-state index contributed by atoms with van der Waals surface area (Å²) in [6.45, 7) is 25.6. The van der Waals surface area contributed by atoms with Crippen molar-refractivity contribution in [1.82, 2.24) is 0 Å². The van der Waals surface area contributed by atoms with E-state index < -0.39 is 0 Å². The van der Waals surface area contributed by atoms with E-state index in [1.165, 1.54) is 19.5 Å². The average Bonchev–Trinajstić information content (AvgIpc) is 3.85. The third-order valence-electron chi connectivity index (χ3n) is 9.47. The molecule has 0 atom stereocenters. The molecule has 0 spiro atoms. The van der Waals surface area contributed by atoms with Crippen LogP contribution in [0.3, 0.4) is 0 Å². The molecule has 2 aliphatic rings. The second-order valence-electron chi connectivity index (χ2n) is 17.8. The molecule has 6 heteroatoms. The number of hydrogen-bond donors (Lipinski definition) is 0. The predicted octanol–water partition coefficient (Wildman–Crippen LogP) is 14.3. The van der Waals surface area contributed by atoms with Gasteiger partial charge in [-0.15, -0.1) is 45.3 Å². The van der Waals surface area contributed by atoms with Gasteiger partial charge in [0.2, 0.25) is 0 Å². The van der Waals surface area contributed by atoms with Crippen molar-refractivity contribution >= 4 is 68.1 Å². The Balaban J connectivity index is 1.65. The van der Waals surface area contributed by atoms with E-state index in [2.05, 4.69) is 167 Å². The highest BCUT2D eigenvalue weighted by Crippen LogP contribution is 2.48. The second kappa shape index (κ2) is 13.8. The Bertz CT molecular complexity index is 2150. The number of hydrogen-bond acceptors (Lipinski definition) is 6. The molecule has 6 rings (SSSR count). The number of carbonyl (C=O) groups is 2. The molecular weight excluding hydrogens is 713 g/mol. The van der Waals surface area contributed by atoms with Gasteiger partial charge in [0.05, 0.1) is 0 Å². The van der Waals surface area contributed by atoms with Crippen LogP contribution >= 0.6 is 45.3 Å². The van der Waals surface area contributed by atoms with Crippen molar-refractivity contribution < 1.29 is 9.59 Å². The first kappa shape index (κ1) is 38.3. The van der Waals surface area contributed by atoms with Gasteiger partial charge < -0.3 is 0 Å². The highest BCUT2D eigenvalue weighted by atomic mass is 32.1. The number of ketones is 2. The van der Waals surface area contributed by atoms with E-state index in [1.807, 2.05) is 0 Å².